The minimum absolute atomic E-state index is 0.164. The van der Waals surface area contributed by atoms with E-state index < -0.39 is 0 Å². The predicted molar refractivity (Wildman–Crippen MR) is 49.0 cm³/mol. The number of aliphatic hydroxyl groups excluding tert-OH is 1. The maximum absolute atomic E-state index is 9.14. The highest BCUT2D eigenvalue weighted by Crippen LogP contribution is 2.14. The van der Waals surface area contributed by atoms with Crippen LogP contribution in [0, 0.1) is 0 Å². The zero-order chi connectivity index (χ0) is 8.81. The molecule has 1 rings (SSSR count). The van der Waals surface area contributed by atoms with Crippen molar-refractivity contribution in [3.8, 4) is 0 Å². The molecule has 2 nitrogen and oxygen atoms in total. The van der Waals surface area contributed by atoms with Gasteiger partial charge in [-0.2, -0.15) is 0 Å². The summed E-state index contributed by atoms with van der Waals surface area (Å²) in [6.07, 6.45) is 7.99. The minimum atomic E-state index is -0.277. The van der Waals surface area contributed by atoms with Crippen molar-refractivity contribution >= 4 is 0 Å². The molecule has 0 bridgehead atoms. The van der Waals surface area contributed by atoms with Crippen molar-refractivity contribution < 1.29 is 9.84 Å². The van der Waals surface area contributed by atoms with Gasteiger partial charge in [-0.15, -0.1) is 0 Å². The van der Waals surface area contributed by atoms with Crippen LogP contribution < -0.4 is 0 Å². The fraction of sp³-hybridized carbons (Fsp3) is 0.800. The lowest BCUT2D eigenvalue weighted by atomic mass is 10.2. The van der Waals surface area contributed by atoms with Crippen LogP contribution in [-0.4, -0.2) is 23.9 Å². The highest BCUT2D eigenvalue weighted by Gasteiger charge is 2.16. The van der Waals surface area contributed by atoms with Crippen molar-refractivity contribution in [1.82, 2.24) is 0 Å². The van der Waals surface area contributed by atoms with Crippen LogP contribution in [0.3, 0.4) is 0 Å². The van der Waals surface area contributed by atoms with Gasteiger partial charge in [0.05, 0.1) is 12.2 Å². The predicted octanol–water partition coefficient (Wildman–Crippen LogP) is 1.88. The van der Waals surface area contributed by atoms with Crippen molar-refractivity contribution in [2.24, 2.45) is 0 Å². The Labute approximate surface area is 74.2 Å². The Bertz CT molecular complexity index is 143. The van der Waals surface area contributed by atoms with Gasteiger partial charge in [-0.25, -0.2) is 0 Å². The first-order valence-corrected chi connectivity index (χ1v) is 4.81. The zero-order valence-electron chi connectivity index (χ0n) is 7.70. The SMILES string of the molecule is CCCCCOC1C=CC(O)C1. The molecule has 1 aliphatic carbocycles. The summed E-state index contributed by atoms with van der Waals surface area (Å²) in [6.45, 7) is 3.01. The summed E-state index contributed by atoms with van der Waals surface area (Å²) < 4.78 is 5.53. The summed E-state index contributed by atoms with van der Waals surface area (Å²) in [4.78, 5) is 0. The van der Waals surface area contributed by atoms with Gasteiger partial charge in [-0.05, 0) is 6.42 Å². The van der Waals surface area contributed by atoms with Gasteiger partial charge in [0.1, 0.15) is 0 Å². The molecule has 1 N–H and O–H groups in total. The van der Waals surface area contributed by atoms with Crippen LogP contribution in [0.25, 0.3) is 0 Å². The number of rotatable bonds is 5. The molecule has 0 amide bonds. The van der Waals surface area contributed by atoms with Gasteiger partial charge in [-0.1, -0.05) is 31.9 Å². The Hall–Kier alpha value is -0.340. The summed E-state index contributed by atoms with van der Waals surface area (Å²) in [5.74, 6) is 0. The summed E-state index contributed by atoms with van der Waals surface area (Å²) in [5, 5.41) is 9.14. The van der Waals surface area contributed by atoms with E-state index in [2.05, 4.69) is 6.92 Å². The zero-order valence-corrected chi connectivity index (χ0v) is 7.70. The van der Waals surface area contributed by atoms with Gasteiger partial charge in [0.2, 0.25) is 0 Å². The highest BCUT2D eigenvalue weighted by molar-refractivity contribution is 5.03. The fourth-order valence-electron chi connectivity index (χ4n) is 1.36. The Morgan fingerprint density at radius 1 is 1.42 bits per heavy atom. The highest BCUT2D eigenvalue weighted by atomic mass is 16.5. The molecule has 0 aromatic carbocycles. The van der Waals surface area contributed by atoms with Gasteiger partial charge >= 0.3 is 0 Å². The third kappa shape index (κ3) is 3.37. The van der Waals surface area contributed by atoms with Crippen molar-refractivity contribution in [3.05, 3.63) is 12.2 Å². The van der Waals surface area contributed by atoms with E-state index in [-0.39, 0.29) is 12.2 Å². The second kappa shape index (κ2) is 5.33. The average Bonchev–Trinajstić information content (AvgIpc) is 2.45. The molecule has 2 heteroatoms. The lowest BCUT2D eigenvalue weighted by molar-refractivity contribution is 0.0617. The van der Waals surface area contributed by atoms with E-state index in [4.69, 9.17) is 9.84 Å². The molecule has 0 radical (unpaired) electrons. The number of hydrogen-bond donors (Lipinski definition) is 1. The second-order valence-electron chi connectivity index (χ2n) is 3.30. The molecule has 1 aliphatic rings. The molecule has 0 aromatic rings. The number of unbranched alkanes of at least 4 members (excludes halogenated alkanes) is 2. The van der Waals surface area contributed by atoms with Crippen LogP contribution in [-0.2, 0) is 4.74 Å². The first-order valence-electron chi connectivity index (χ1n) is 4.81. The molecule has 2 atom stereocenters. The average molecular weight is 170 g/mol. The summed E-state index contributed by atoms with van der Waals surface area (Å²) in [7, 11) is 0. The third-order valence-electron chi connectivity index (χ3n) is 2.10. The standard InChI is InChI=1S/C10H18O2/c1-2-3-4-7-12-10-6-5-9(11)8-10/h5-6,9-11H,2-4,7-8H2,1H3. The van der Waals surface area contributed by atoms with E-state index in [0.29, 0.717) is 0 Å². The molecule has 2 unspecified atom stereocenters. The molecule has 0 spiro atoms. The van der Waals surface area contributed by atoms with E-state index in [1.165, 1.54) is 12.8 Å². The Morgan fingerprint density at radius 3 is 2.83 bits per heavy atom. The minimum Gasteiger partial charge on any atom is -0.389 e. The molecule has 12 heavy (non-hydrogen) atoms. The lowest BCUT2D eigenvalue weighted by Crippen LogP contribution is -2.11. The first kappa shape index (κ1) is 9.75. The molecule has 0 aliphatic heterocycles. The lowest BCUT2D eigenvalue weighted by Gasteiger charge is -2.09. The largest absolute Gasteiger partial charge is 0.389 e. The van der Waals surface area contributed by atoms with Crippen molar-refractivity contribution in [2.45, 2.75) is 44.8 Å². The number of aliphatic hydroxyl groups is 1. The maximum Gasteiger partial charge on any atom is 0.0784 e. The molecule has 0 heterocycles. The van der Waals surface area contributed by atoms with Crippen LogP contribution in [0.1, 0.15) is 32.6 Å². The molecule has 0 saturated heterocycles. The molecule has 0 aromatic heterocycles. The molecule has 0 saturated carbocycles. The van der Waals surface area contributed by atoms with Crippen LogP contribution >= 0.6 is 0 Å². The van der Waals surface area contributed by atoms with Crippen molar-refractivity contribution in [3.63, 3.8) is 0 Å². The number of hydrogen-bond acceptors (Lipinski definition) is 2. The van der Waals surface area contributed by atoms with Crippen LogP contribution in [0.5, 0.6) is 0 Å². The summed E-state index contributed by atoms with van der Waals surface area (Å²) >= 11 is 0. The van der Waals surface area contributed by atoms with Crippen molar-refractivity contribution in [1.29, 1.82) is 0 Å². The van der Waals surface area contributed by atoms with Gasteiger partial charge in [0, 0.05) is 13.0 Å². The molecular weight excluding hydrogens is 152 g/mol. The van der Waals surface area contributed by atoms with E-state index in [1.807, 2.05) is 12.2 Å². The third-order valence-corrected chi connectivity index (χ3v) is 2.10. The van der Waals surface area contributed by atoms with Gasteiger partial charge in [0.15, 0.2) is 0 Å². The van der Waals surface area contributed by atoms with Crippen LogP contribution in [0.2, 0.25) is 0 Å². The van der Waals surface area contributed by atoms with E-state index in [9.17, 15) is 0 Å². The van der Waals surface area contributed by atoms with E-state index >= 15 is 0 Å². The normalized spacial score (nSPS) is 28.2. The Kier molecular flexibility index (Phi) is 4.33. The van der Waals surface area contributed by atoms with Gasteiger partial charge in [-0.3, -0.25) is 0 Å². The van der Waals surface area contributed by atoms with Crippen LogP contribution in [0.4, 0.5) is 0 Å². The number of ether oxygens (including phenoxy) is 1. The quantitative estimate of drug-likeness (QED) is 0.504. The summed E-state index contributed by atoms with van der Waals surface area (Å²) in [6, 6.07) is 0. The van der Waals surface area contributed by atoms with Gasteiger partial charge in [0.25, 0.3) is 0 Å². The smallest absolute Gasteiger partial charge is 0.0784 e. The molecule has 70 valence electrons. The Balaban J connectivity index is 1.98. The van der Waals surface area contributed by atoms with Gasteiger partial charge < -0.3 is 9.84 Å². The maximum atomic E-state index is 9.14. The molecule has 0 fully saturated rings. The molecular formula is C10H18O2. The van der Waals surface area contributed by atoms with E-state index in [1.54, 1.807) is 0 Å². The van der Waals surface area contributed by atoms with Crippen molar-refractivity contribution in [2.75, 3.05) is 6.61 Å². The second-order valence-corrected chi connectivity index (χ2v) is 3.30. The Morgan fingerprint density at radius 2 is 2.25 bits per heavy atom. The van der Waals surface area contributed by atoms with Crippen LogP contribution in [0.15, 0.2) is 12.2 Å². The summed E-state index contributed by atoms with van der Waals surface area (Å²) in [5.41, 5.74) is 0. The van der Waals surface area contributed by atoms with E-state index in [0.717, 1.165) is 19.4 Å². The fourth-order valence-corrected chi connectivity index (χ4v) is 1.36. The first-order chi connectivity index (χ1) is 5.83. The topological polar surface area (TPSA) is 29.5 Å². The monoisotopic (exact) mass is 170 g/mol.